The highest BCUT2D eigenvalue weighted by Crippen LogP contribution is 2.15. The fraction of sp³-hybridized carbons (Fsp3) is 0.500. The van der Waals surface area contributed by atoms with Crippen LogP contribution in [0.2, 0.25) is 0 Å². The first-order valence-corrected chi connectivity index (χ1v) is 8.63. The Morgan fingerprint density at radius 1 is 1.16 bits per heavy atom. The minimum atomic E-state index is 0.603. The van der Waals surface area contributed by atoms with E-state index in [4.69, 9.17) is 4.52 Å². The first kappa shape index (κ1) is 18.8. The highest BCUT2D eigenvalue weighted by molar-refractivity contribution is 5.79. The van der Waals surface area contributed by atoms with E-state index in [1.807, 2.05) is 37.2 Å². The van der Waals surface area contributed by atoms with Crippen LogP contribution in [0.25, 0.3) is 0 Å². The molecule has 0 saturated heterocycles. The van der Waals surface area contributed by atoms with Gasteiger partial charge in [0.2, 0.25) is 0 Å². The fourth-order valence-corrected chi connectivity index (χ4v) is 2.52. The number of aliphatic imine (C=N–C) groups is 1. The van der Waals surface area contributed by atoms with E-state index in [9.17, 15) is 0 Å². The molecule has 0 aromatic carbocycles. The number of rotatable bonds is 7. The van der Waals surface area contributed by atoms with Crippen LogP contribution in [-0.4, -0.2) is 37.2 Å². The minimum Gasteiger partial charge on any atom is -0.363 e. The van der Waals surface area contributed by atoms with E-state index in [0.717, 1.165) is 47.3 Å². The number of hydrogen-bond donors (Lipinski definition) is 2. The number of nitrogens with one attached hydrogen (secondary N) is 2. The second-order valence-corrected chi connectivity index (χ2v) is 5.90. The number of pyridine rings is 1. The molecule has 0 aliphatic rings. The summed E-state index contributed by atoms with van der Waals surface area (Å²) >= 11 is 0. The van der Waals surface area contributed by atoms with Gasteiger partial charge in [-0.15, -0.1) is 0 Å². The Kier molecular flexibility index (Phi) is 6.80. The first-order chi connectivity index (χ1) is 12.1. The molecule has 0 bridgehead atoms. The fourth-order valence-electron chi connectivity index (χ4n) is 2.52. The van der Waals surface area contributed by atoms with E-state index in [1.54, 1.807) is 7.05 Å². The van der Waals surface area contributed by atoms with E-state index in [0.29, 0.717) is 13.1 Å². The molecule has 0 atom stereocenters. The Labute approximate surface area is 149 Å². The zero-order valence-electron chi connectivity index (χ0n) is 15.8. The molecular formula is C18H28N6O. The van der Waals surface area contributed by atoms with Gasteiger partial charge in [0, 0.05) is 39.7 Å². The average Bonchev–Trinajstić information content (AvgIpc) is 3.04. The molecule has 0 spiro atoms. The van der Waals surface area contributed by atoms with Crippen molar-refractivity contribution in [2.75, 3.05) is 26.0 Å². The molecule has 0 radical (unpaired) electrons. The standard InChI is InChI=1S/C18H28N6O/c1-6-15-14(16(7-2)25-23-15)12-21-18(19-3)20-11-13-9-8-10-17(22-13)24(4)5/h8-10H,6-7,11-12H2,1-5H3,(H2,19,20,21). The van der Waals surface area contributed by atoms with Crippen LogP contribution in [0.4, 0.5) is 5.82 Å². The van der Waals surface area contributed by atoms with Crippen LogP contribution in [0.1, 0.15) is 36.6 Å². The summed E-state index contributed by atoms with van der Waals surface area (Å²) in [5.74, 6) is 2.59. The van der Waals surface area contributed by atoms with Crippen LogP contribution in [0.5, 0.6) is 0 Å². The lowest BCUT2D eigenvalue weighted by molar-refractivity contribution is 0.380. The van der Waals surface area contributed by atoms with Crippen LogP contribution < -0.4 is 15.5 Å². The lowest BCUT2D eigenvalue weighted by Gasteiger charge is -2.14. The number of aromatic nitrogens is 2. The summed E-state index contributed by atoms with van der Waals surface area (Å²) in [6.45, 7) is 5.39. The number of hydrogen-bond acceptors (Lipinski definition) is 5. The minimum absolute atomic E-state index is 0.603. The lowest BCUT2D eigenvalue weighted by Crippen LogP contribution is -2.36. The van der Waals surface area contributed by atoms with Gasteiger partial charge in [0.05, 0.1) is 17.9 Å². The van der Waals surface area contributed by atoms with Crippen molar-refractivity contribution in [3.63, 3.8) is 0 Å². The number of aryl methyl sites for hydroxylation is 2. The molecule has 0 amide bonds. The molecule has 2 rings (SSSR count). The quantitative estimate of drug-likeness (QED) is 0.592. The van der Waals surface area contributed by atoms with Crippen molar-refractivity contribution in [3.8, 4) is 0 Å². The Morgan fingerprint density at radius 2 is 1.92 bits per heavy atom. The van der Waals surface area contributed by atoms with Gasteiger partial charge < -0.3 is 20.1 Å². The van der Waals surface area contributed by atoms with Gasteiger partial charge in [-0.2, -0.15) is 0 Å². The molecule has 0 aliphatic carbocycles. The van der Waals surface area contributed by atoms with Gasteiger partial charge in [-0.3, -0.25) is 4.99 Å². The normalized spacial score (nSPS) is 11.5. The van der Waals surface area contributed by atoms with Crippen molar-refractivity contribution < 1.29 is 4.52 Å². The zero-order valence-corrected chi connectivity index (χ0v) is 15.8. The third kappa shape index (κ3) is 4.95. The van der Waals surface area contributed by atoms with Crippen LogP contribution in [0.3, 0.4) is 0 Å². The first-order valence-electron chi connectivity index (χ1n) is 8.63. The molecule has 2 N–H and O–H groups in total. The molecular weight excluding hydrogens is 316 g/mol. The van der Waals surface area contributed by atoms with Crippen molar-refractivity contribution in [2.24, 2.45) is 4.99 Å². The Bertz CT molecular complexity index is 686. The largest absolute Gasteiger partial charge is 0.363 e. The Morgan fingerprint density at radius 3 is 2.56 bits per heavy atom. The van der Waals surface area contributed by atoms with Gasteiger partial charge in [0.1, 0.15) is 11.6 Å². The molecule has 136 valence electrons. The second kappa shape index (κ2) is 9.05. The predicted octanol–water partition coefficient (Wildman–Crippen LogP) is 2.13. The summed E-state index contributed by atoms with van der Waals surface area (Å²) in [5, 5.41) is 10.8. The monoisotopic (exact) mass is 344 g/mol. The summed E-state index contributed by atoms with van der Waals surface area (Å²) in [7, 11) is 5.72. The molecule has 2 aromatic heterocycles. The smallest absolute Gasteiger partial charge is 0.191 e. The van der Waals surface area contributed by atoms with Gasteiger partial charge in [-0.05, 0) is 18.6 Å². The van der Waals surface area contributed by atoms with Crippen molar-refractivity contribution in [3.05, 3.63) is 40.9 Å². The maximum absolute atomic E-state index is 5.40. The van der Waals surface area contributed by atoms with E-state index in [-0.39, 0.29) is 0 Å². The summed E-state index contributed by atoms with van der Waals surface area (Å²) in [6, 6.07) is 5.99. The number of anilines is 1. The maximum atomic E-state index is 5.40. The highest BCUT2D eigenvalue weighted by atomic mass is 16.5. The van der Waals surface area contributed by atoms with Gasteiger partial charge in [0.15, 0.2) is 5.96 Å². The van der Waals surface area contributed by atoms with Crippen LogP contribution in [0.15, 0.2) is 27.7 Å². The maximum Gasteiger partial charge on any atom is 0.191 e. The highest BCUT2D eigenvalue weighted by Gasteiger charge is 2.13. The summed E-state index contributed by atoms with van der Waals surface area (Å²) in [4.78, 5) is 10.9. The van der Waals surface area contributed by atoms with Crippen LogP contribution >= 0.6 is 0 Å². The number of nitrogens with zero attached hydrogens (tertiary/aromatic N) is 4. The molecule has 2 heterocycles. The van der Waals surface area contributed by atoms with Gasteiger partial charge in [-0.25, -0.2) is 4.98 Å². The second-order valence-electron chi connectivity index (χ2n) is 5.90. The van der Waals surface area contributed by atoms with E-state index < -0.39 is 0 Å². The number of guanidine groups is 1. The Balaban J connectivity index is 1.95. The van der Waals surface area contributed by atoms with E-state index in [2.05, 4.69) is 39.6 Å². The van der Waals surface area contributed by atoms with Crippen LogP contribution in [0, 0.1) is 0 Å². The van der Waals surface area contributed by atoms with Crippen molar-refractivity contribution in [1.82, 2.24) is 20.8 Å². The van der Waals surface area contributed by atoms with Crippen molar-refractivity contribution in [1.29, 1.82) is 0 Å². The van der Waals surface area contributed by atoms with E-state index >= 15 is 0 Å². The third-order valence-corrected chi connectivity index (χ3v) is 3.95. The van der Waals surface area contributed by atoms with Gasteiger partial charge in [-0.1, -0.05) is 25.1 Å². The Hall–Kier alpha value is -2.57. The van der Waals surface area contributed by atoms with Crippen molar-refractivity contribution >= 4 is 11.8 Å². The molecule has 7 heteroatoms. The lowest BCUT2D eigenvalue weighted by atomic mass is 10.1. The SMILES string of the molecule is CCc1noc(CC)c1CNC(=NC)NCc1cccc(N(C)C)n1. The molecule has 25 heavy (non-hydrogen) atoms. The molecule has 0 saturated carbocycles. The summed E-state index contributed by atoms with van der Waals surface area (Å²) in [5.41, 5.74) is 3.09. The average molecular weight is 344 g/mol. The summed E-state index contributed by atoms with van der Waals surface area (Å²) < 4.78 is 5.40. The van der Waals surface area contributed by atoms with Gasteiger partial charge >= 0.3 is 0 Å². The predicted molar refractivity (Wildman–Crippen MR) is 101 cm³/mol. The van der Waals surface area contributed by atoms with Crippen molar-refractivity contribution in [2.45, 2.75) is 39.8 Å². The zero-order chi connectivity index (χ0) is 18.2. The molecule has 2 aromatic rings. The topological polar surface area (TPSA) is 78.6 Å². The van der Waals surface area contributed by atoms with Crippen LogP contribution in [-0.2, 0) is 25.9 Å². The molecule has 0 unspecified atom stereocenters. The molecule has 7 nitrogen and oxygen atoms in total. The van der Waals surface area contributed by atoms with Gasteiger partial charge in [0.25, 0.3) is 0 Å². The summed E-state index contributed by atoms with van der Waals surface area (Å²) in [6.07, 6.45) is 1.69. The molecule has 0 aliphatic heterocycles. The van der Waals surface area contributed by atoms with E-state index in [1.165, 1.54) is 0 Å². The third-order valence-electron chi connectivity index (χ3n) is 3.95. The molecule has 0 fully saturated rings.